The summed E-state index contributed by atoms with van der Waals surface area (Å²) in [5.74, 6) is 0.699. The molecule has 1 aliphatic heterocycles. The maximum Gasteiger partial charge on any atom is 0.266 e. The van der Waals surface area contributed by atoms with Crippen LogP contribution in [-0.2, 0) is 4.79 Å². The van der Waals surface area contributed by atoms with Crippen LogP contribution in [0.25, 0.3) is 0 Å². The summed E-state index contributed by atoms with van der Waals surface area (Å²) < 4.78 is 5.98. The zero-order chi connectivity index (χ0) is 19.6. The van der Waals surface area contributed by atoms with Gasteiger partial charge in [0.15, 0.2) is 5.60 Å². The van der Waals surface area contributed by atoms with Crippen LogP contribution in [0.2, 0.25) is 10.0 Å². The minimum atomic E-state index is -0.916. The lowest BCUT2D eigenvalue weighted by atomic mass is 10.1. The molecule has 6 heteroatoms. The average molecular weight is 407 g/mol. The number of rotatable bonds is 4. The Morgan fingerprint density at radius 3 is 2.19 bits per heavy atom. The predicted molar refractivity (Wildman–Crippen MR) is 111 cm³/mol. The van der Waals surface area contributed by atoms with Gasteiger partial charge < -0.3 is 14.5 Å². The number of amides is 1. The van der Waals surface area contributed by atoms with Crippen LogP contribution in [0.1, 0.15) is 19.4 Å². The molecule has 0 spiro atoms. The van der Waals surface area contributed by atoms with Crippen LogP contribution in [0.4, 0.5) is 5.69 Å². The molecule has 0 radical (unpaired) electrons. The molecule has 0 aromatic heterocycles. The number of carbonyl (C=O) groups excluding carboxylic acids is 1. The zero-order valence-electron chi connectivity index (χ0n) is 15.8. The number of piperazine rings is 1. The molecule has 0 bridgehead atoms. The third-order valence-corrected chi connectivity index (χ3v) is 5.48. The van der Waals surface area contributed by atoms with Crippen molar-refractivity contribution in [2.24, 2.45) is 0 Å². The second kappa shape index (κ2) is 7.99. The largest absolute Gasteiger partial charge is 0.478 e. The Balaban J connectivity index is 1.61. The van der Waals surface area contributed by atoms with Crippen LogP contribution in [0, 0.1) is 6.92 Å². The van der Waals surface area contributed by atoms with Crippen molar-refractivity contribution in [3.63, 3.8) is 0 Å². The van der Waals surface area contributed by atoms with Gasteiger partial charge in [0, 0.05) is 31.9 Å². The van der Waals surface area contributed by atoms with E-state index in [0.717, 1.165) is 24.3 Å². The van der Waals surface area contributed by atoms with Crippen LogP contribution in [-0.4, -0.2) is 42.6 Å². The van der Waals surface area contributed by atoms with Gasteiger partial charge in [-0.15, -0.1) is 0 Å². The highest BCUT2D eigenvalue weighted by Gasteiger charge is 2.35. The maximum atomic E-state index is 13.0. The van der Waals surface area contributed by atoms with Crippen LogP contribution in [0.3, 0.4) is 0 Å². The van der Waals surface area contributed by atoms with Crippen molar-refractivity contribution in [3.05, 3.63) is 58.1 Å². The molecular formula is C21H24Cl2N2O2. The van der Waals surface area contributed by atoms with E-state index in [4.69, 9.17) is 27.9 Å². The van der Waals surface area contributed by atoms with Crippen LogP contribution in [0.5, 0.6) is 5.75 Å². The predicted octanol–water partition coefficient (Wildman–Crippen LogP) is 4.81. The molecule has 1 heterocycles. The van der Waals surface area contributed by atoms with E-state index in [1.165, 1.54) is 0 Å². The van der Waals surface area contributed by atoms with E-state index < -0.39 is 5.60 Å². The SMILES string of the molecule is Cc1ccc(OC(C)(C)C(=O)N2CCN(c3ccc(Cl)c(Cl)c3)CC2)cc1. The number of aryl methyl sites for hydroxylation is 1. The first-order valence-electron chi connectivity index (χ1n) is 9.01. The fourth-order valence-electron chi connectivity index (χ4n) is 3.17. The lowest BCUT2D eigenvalue weighted by Gasteiger charge is -2.39. The molecule has 1 aliphatic rings. The van der Waals surface area contributed by atoms with Crippen LogP contribution >= 0.6 is 23.2 Å². The number of nitrogens with zero attached hydrogens (tertiary/aromatic N) is 2. The van der Waals surface area contributed by atoms with E-state index in [1.807, 2.05) is 62.1 Å². The first kappa shape index (κ1) is 19.8. The molecule has 144 valence electrons. The molecule has 2 aromatic carbocycles. The highest BCUT2D eigenvalue weighted by Crippen LogP contribution is 2.28. The lowest BCUT2D eigenvalue weighted by molar-refractivity contribution is -0.145. The minimum absolute atomic E-state index is 0.00290. The molecule has 0 saturated carbocycles. The maximum absolute atomic E-state index is 13.0. The van der Waals surface area contributed by atoms with Gasteiger partial charge in [-0.25, -0.2) is 0 Å². The first-order valence-corrected chi connectivity index (χ1v) is 9.77. The standard InChI is InChI=1S/C21H24Cl2N2O2/c1-15-4-7-17(8-5-15)27-21(2,3)20(26)25-12-10-24(11-13-25)16-6-9-18(22)19(23)14-16/h4-9,14H,10-13H2,1-3H3. The number of carbonyl (C=O) groups is 1. The smallest absolute Gasteiger partial charge is 0.266 e. The van der Waals surface area contributed by atoms with Gasteiger partial charge >= 0.3 is 0 Å². The first-order chi connectivity index (χ1) is 12.8. The van der Waals surface area contributed by atoms with E-state index in [1.54, 1.807) is 6.07 Å². The summed E-state index contributed by atoms with van der Waals surface area (Å²) in [6.45, 7) is 8.42. The van der Waals surface area contributed by atoms with Gasteiger partial charge in [-0.05, 0) is 51.1 Å². The Morgan fingerprint density at radius 1 is 0.963 bits per heavy atom. The highest BCUT2D eigenvalue weighted by molar-refractivity contribution is 6.42. The Bertz CT molecular complexity index is 813. The number of halogens is 2. The Labute approximate surface area is 170 Å². The average Bonchev–Trinajstić information content (AvgIpc) is 2.65. The van der Waals surface area contributed by atoms with E-state index in [-0.39, 0.29) is 5.91 Å². The molecule has 3 rings (SSSR count). The van der Waals surface area contributed by atoms with Gasteiger partial charge in [0.25, 0.3) is 5.91 Å². The van der Waals surface area contributed by atoms with E-state index in [9.17, 15) is 4.79 Å². The molecule has 1 fully saturated rings. The van der Waals surface area contributed by atoms with Gasteiger partial charge in [-0.3, -0.25) is 4.79 Å². The molecule has 1 saturated heterocycles. The van der Waals surface area contributed by atoms with Gasteiger partial charge in [0.05, 0.1) is 10.0 Å². The number of anilines is 1. The number of benzene rings is 2. The summed E-state index contributed by atoms with van der Waals surface area (Å²) in [4.78, 5) is 17.0. The third-order valence-electron chi connectivity index (χ3n) is 4.74. The number of ether oxygens (including phenoxy) is 1. The monoisotopic (exact) mass is 406 g/mol. The molecule has 1 amide bonds. The van der Waals surface area contributed by atoms with E-state index in [2.05, 4.69) is 4.90 Å². The summed E-state index contributed by atoms with van der Waals surface area (Å²) >= 11 is 12.1. The van der Waals surface area contributed by atoms with Gasteiger partial charge in [-0.2, -0.15) is 0 Å². The van der Waals surface area contributed by atoms with Crippen LogP contribution < -0.4 is 9.64 Å². The Hall–Kier alpha value is -1.91. The number of hydrogen-bond donors (Lipinski definition) is 0. The minimum Gasteiger partial charge on any atom is -0.478 e. The summed E-state index contributed by atoms with van der Waals surface area (Å²) in [7, 11) is 0. The molecule has 0 atom stereocenters. The molecular weight excluding hydrogens is 383 g/mol. The summed E-state index contributed by atoms with van der Waals surface area (Å²) in [6.07, 6.45) is 0. The van der Waals surface area contributed by atoms with E-state index in [0.29, 0.717) is 28.9 Å². The van der Waals surface area contributed by atoms with E-state index >= 15 is 0 Å². The molecule has 2 aromatic rings. The third kappa shape index (κ3) is 4.69. The lowest BCUT2D eigenvalue weighted by Crippen LogP contribution is -2.55. The second-order valence-electron chi connectivity index (χ2n) is 7.30. The van der Waals surface area contributed by atoms with Crippen molar-refractivity contribution in [1.29, 1.82) is 0 Å². The fraction of sp³-hybridized carbons (Fsp3) is 0.381. The highest BCUT2D eigenvalue weighted by atomic mass is 35.5. The quantitative estimate of drug-likeness (QED) is 0.730. The summed E-state index contributed by atoms with van der Waals surface area (Å²) in [5, 5.41) is 1.09. The molecule has 4 nitrogen and oxygen atoms in total. The van der Waals surface area contributed by atoms with Gasteiger partial charge in [-0.1, -0.05) is 40.9 Å². The second-order valence-corrected chi connectivity index (χ2v) is 8.12. The Kier molecular flexibility index (Phi) is 5.87. The van der Waals surface area contributed by atoms with Gasteiger partial charge in [0.1, 0.15) is 5.75 Å². The fourth-order valence-corrected chi connectivity index (χ4v) is 3.47. The van der Waals surface area contributed by atoms with Crippen molar-refractivity contribution in [2.45, 2.75) is 26.4 Å². The van der Waals surface area contributed by atoms with Crippen molar-refractivity contribution in [1.82, 2.24) is 4.90 Å². The van der Waals surface area contributed by atoms with Crippen molar-refractivity contribution >= 4 is 34.8 Å². The molecule has 27 heavy (non-hydrogen) atoms. The molecule has 0 aliphatic carbocycles. The summed E-state index contributed by atoms with van der Waals surface area (Å²) in [6, 6.07) is 13.4. The normalized spacial score (nSPS) is 15.0. The topological polar surface area (TPSA) is 32.8 Å². The molecule has 0 N–H and O–H groups in total. The molecule has 0 unspecified atom stereocenters. The Morgan fingerprint density at radius 2 is 1.59 bits per heavy atom. The van der Waals surface area contributed by atoms with Crippen molar-refractivity contribution in [2.75, 3.05) is 31.1 Å². The zero-order valence-corrected chi connectivity index (χ0v) is 17.3. The van der Waals surface area contributed by atoms with Gasteiger partial charge in [0.2, 0.25) is 0 Å². The van der Waals surface area contributed by atoms with Crippen molar-refractivity contribution in [3.8, 4) is 5.75 Å². The summed E-state index contributed by atoms with van der Waals surface area (Å²) in [5.41, 5.74) is 1.26. The van der Waals surface area contributed by atoms with Crippen LogP contribution in [0.15, 0.2) is 42.5 Å². The number of hydrogen-bond acceptors (Lipinski definition) is 3. The van der Waals surface area contributed by atoms with Crippen molar-refractivity contribution < 1.29 is 9.53 Å².